The van der Waals surface area contributed by atoms with Crippen molar-refractivity contribution >= 4 is 0 Å². The summed E-state index contributed by atoms with van der Waals surface area (Å²) in [6, 6.07) is 2.75. The van der Waals surface area contributed by atoms with Gasteiger partial charge in [0.25, 0.3) is 0 Å². The molecule has 0 fully saturated rings. The fourth-order valence-corrected chi connectivity index (χ4v) is 1.38. The summed E-state index contributed by atoms with van der Waals surface area (Å²) >= 11 is 0. The Bertz CT molecular complexity index is 149. The van der Waals surface area contributed by atoms with E-state index >= 15 is 0 Å². The van der Waals surface area contributed by atoms with Crippen LogP contribution >= 0.6 is 0 Å². The molecule has 0 aliphatic rings. The summed E-state index contributed by atoms with van der Waals surface area (Å²) in [7, 11) is 0. The third kappa shape index (κ3) is 6.60. The van der Waals surface area contributed by atoms with Crippen LogP contribution in [0.5, 0.6) is 0 Å². The van der Waals surface area contributed by atoms with Crippen molar-refractivity contribution in [2.24, 2.45) is 5.92 Å². The van der Waals surface area contributed by atoms with Gasteiger partial charge in [0, 0.05) is 19.0 Å². The number of nitriles is 1. The molecular formula is C11H22N2. The van der Waals surface area contributed by atoms with Crippen molar-refractivity contribution in [1.29, 1.82) is 5.26 Å². The second-order valence-corrected chi connectivity index (χ2v) is 3.72. The molecule has 0 aromatic carbocycles. The first-order chi connectivity index (χ1) is 6.24. The molecule has 2 nitrogen and oxygen atoms in total. The summed E-state index contributed by atoms with van der Waals surface area (Å²) in [4.78, 5) is 0. The van der Waals surface area contributed by atoms with E-state index in [1.165, 1.54) is 12.8 Å². The third-order valence-electron chi connectivity index (χ3n) is 2.55. The molecule has 2 unspecified atom stereocenters. The molecule has 13 heavy (non-hydrogen) atoms. The van der Waals surface area contributed by atoms with Gasteiger partial charge in [0.2, 0.25) is 0 Å². The highest BCUT2D eigenvalue weighted by Gasteiger charge is 2.08. The Hall–Kier alpha value is -0.550. The summed E-state index contributed by atoms with van der Waals surface area (Å²) in [5.41, 5.74) is 0. The molecule has 0 heterocycles. The van der Waals surface area contributed by atoms with Gasteiger partial charge in [-0.2, -0.15) is 5.26 Å². The van der Waals surface area contributed by atoms with E-state index in [-0.39, 0.29) is 0 Å². The molecule has 0 aliphatic carbocycles. The van der Waals surface area contributed by atoms with Crippen molar-refractivity contribution in [3.63, 3.8) is 0 Å². The average molecular weight is 182 g/mol. The van der Waals surface area contributed by atoms with Crippen molar-refractivity contribution in [2.75, 3.05) is 6.54 Å². The van der Waals surface area contributed by atoms with Crippen molar-refractivity contribution in [3.05, 3.63) is 0 Å². The molecule has 0 spiro atoms. The molecule has 1 N–H and O–H groups in total. The van der Waals surface area contributed by atoms with Gasteiger partial charge in [0.15, 0.2) is 0 Å². The Morgan fingerprint density at radius 1 is 1.31 bits per heavy atom. The minimum Gasteiger partial charge on any atom is -0.313 e. The zero-order valence-electron chi connectivity index (χ0n) is 9.14. The number of hydrogen-bond donors (Lipinski definition) is 1. The van der Waals surface area contributed by atoms with Gasteiger partial charge in [-0.25, -0.2) is 0 Å². The summed E-state index contributed by atoms with van der Waals surface area (Å²) < 4.78 is 0. The zero-order chi connectivity index (χ0) is 10.1. The number of nitrogens with one attached hydrogen (secondary N) is 1. The Morgan fingerprint density at radius 3 is 2.46 bits per heavy atom. The molecule has 2 atom stereocenters. The summed E-state index contributed by atoms with van der Waals surface area (Å²) in [5, 5.41) is 11.8. The molecule has 0 aromatic rings. The van der Waals surface area contributed by atoms with Crippen LogP contribution in [0.25, 0.3) is 0 Å². The molecule has 0 radical (unpaired) electrons. The van der Waals surface area contributed by atoms with Gasteiger partial charge in [-0.05, 0) is 18.8 Å². The largest absolute Gasteiger partial charge is 0.313 e. The van der Waals surface area contributed by atoms with Crippen LogP contribution in [0.2, 0.25) is 0 Å². The lowest BCUT2D eigenvalue weighted by atomic mass is 9.98. The first kappa shape index (κ1) is 12.4. The molecule has 0 saturated carbocycles. The topological polar surface area (TPSA) is 35.8 Å². The van der Waals surface area contributed by atoms with Crippen LogP contribution in [0.4, 0.5) is 0 Å². The van der Waals surface area contributed by atoms with E-state index in [1.54, 1.807) is 0 Å². The van der Waals surface area contributed by atoms with Crippen LogP contribution < -0.4 is 5.32 Å². The standard InChI is InChI=1S/C11H22N2/c1-4-10(3)9-11(5-2)13-8-6-7-12/h10-11,13H,4-6,8-9H2,1-3H3. The van der Waals surface area contributed by atoms with Crippen molar-refractivity contribution in [1.82, 2.24) is 5.32 Å². The average Bonchev–Trinajstić information content (AvgIpc) is 2.16. The smallest absolute Gasteiger partial charge is 0.0635 e. The van der Waals surface area contributed by atoms with Crippen LogP contribution in [0.3, 0.4) is 0 Å². The van der Waals surface area contributed by atoms with E-state index in [4.69, 9.17) is 5.26 Å². The highest BCUT2D eigenvalue weighted by Crippen LogP contribution is 2.11. The number of rotatable bonds is 7. The van der Waals surface area contributed by atoms with Gasteiger partial charge in [-0.1, -0.05) is 27.2 Å². The number of nitrogens with zero attached hydrogens (tertiary/aromatic N) is 1. The van der Waals surface area contributed by atoms with Crippen LogP contribution in [0, 0.1) is 17.2 Å². The first-order valence-electron chi connectivity index (χ1n) is 5.34. The van der Waals surface area contributed by atoms with E-state index in [0.29, 0.717) is 12.5 Å². The lowest BCUT2D eigenvalue weighted by Gasteiger charge is -2.19. The van der Waals surface area contributed by atoms with Gasteiger partial charge in [0.05, 0.1) is 6.07 Å². The van der Waals surface area contributed by atoms with E-state index in [0.717, 1.165) is 18.9 Å². The second-order valence-electron chi connectivity index (χ2n) is 3.72. The van der Waals surface area contributed by atoms with Gasteiger partial charge < -0.3 is 5.32 Å². The summed E-state index contributed by atoms with van der Waals surface area (Å²) in [5.74, 6) is 0.791. The highest BCUT2D eigenvalue weighted by atomic mass is 14.9. The van der Waals surface area contributed by atoms with Gasteiger partial charge in [-0.3, -0.25) is 0 Å². The first-order valence-corrected chi connectivity index (χ1v) is 5.34. The van der Waals surface area contributed by atoms with Crippen molar-refractivity contribution < 1.29 is 0 Å². The maximum atomic E-state index is 8.39. The third-order valence-corrected chi connectivity index (χ3v) is 2.55. The Labute approximate surface area is 82.3 Å². The highest BCUT2D eigenvalue weighted by molar-refractivity contribution is 4.74. The predicted molar refractivity (Wildman–Crippen MR) is 56.4 cm³/mol. The Morgan fingerprint density at radius 2 is 2.00 bits per heavy atom. The molecule has 76 valence electrons. The Balaban J connectivity index is 3.57. The van der Waals surface area contributed by atoms with Gasteiger partial charge in [-0.15, -0.1) is 0 Å². The van der Waals surface area contributed by atoms with E-state index in [9.17, 15) is 0 Å². The minimum absolute atomic E-state index is 0.600. The fraction of sp³-hybridized carbons (Fsp3) is 0.909. The molecule has 0 bridgehead atoms. The predicted octanol–water partition coefficient (Wildman–Crippen LogP) is 2.70. The number of hydrogen-bond acceptors (Lipinski definition) is 2. The molecular weight excluding hydrogens is 160 g/mol. The van der Waals surface area contributed by atoms with Gasteiger partial charge in [0.1, 0.15) is 0 Å². The van der Waals surface area contributed by atoms with E-state index in [1.807, 2.05) is 0 Å². The van der Waals surface area contributed by atoms with Crippen LogP contribution in [0.15, 0.2) is 0 Å². The zero-order valence-corrected chi connectivity index (χ0v) is 9.14. The monoisotopic (exact) mass is 182 g/mol. The molecule has 0 amide bonds. The normalized spacial score (nSPS) is 14.9. The maximum Gasteiger partial charge on any atom is 0.0635 e. The van der Waals surface area contributed by atoms with Crippen molar-refractivity contribution in [3.8, 4) is 6.07 Å². The van der Waals surface area contributed by atoms with E-state index < -0.39 is 0 Å². The molecule has 0 saturated heterocycles. The van der Waals surface area contributed by atoms with Crippen LogP contribution in [-0.2, 0) is 0 Å². The molecule has 2 heteroatoms. The summed E-state index contributed by atoms with van der Waals surface area (Å²) in [6.07, 6.45) is 4.27. The SMILES string of the molecule is CCC(C)CC(CC)NCCC#N. The van der Waals surface area contributed by atoms with Crippen LogP contribution in [0.1, 0.15) is 46.5 Å². The minimum atomic E-state index is 0.600. The quantitative estimate of drug-likeness (QED) is 0.614. The lowest BCUT2D eigenvalue weighted by molar-refractivity contribution is 0.388. The molecule has 0 rings (SSSR count). The summed E-state index contributed by atoms with van der Waals surface area (Å²) in [6.45, 7) is 7.55. The fourth-order valence-electron chi connectivity index (χ4n) is 1.38. The van der Waals surface area contributed by atoms with Gasteiger partial charge >= 0.3 is 0 Å². The molecule has 0 aromatic heterocycles. The van der Waals surface area contributed by atoms with Crippen LogP contribution in [-0.4, -0.2) is 12.6 Å². The maximum absolute atomic E-state index is 8.39. The van der Waals surface area contributed by atoms with E-state index in [2.05, 4.69) is 32.2 Å². The Kier molecular flexibility index (Phi) is 7.73. The van der Waals surface area contributed by atoms with Crippen molar-refractivity contribution in [2.45, 2.75) is 52.5 Å². The second kappa shape index (κ2) is 8.07. The lowest BCUT2D eigenvalue weighted by Crippen LogP contribution is -2.30. The molecule has 0 aliphatic heterocycles.